The average Bonchev–Trinajstić information content (AvgIpc) is 3.00. The Morgan fingerprint density at radius 3 is 2.19 bits per heavy atom. The van der Waals surface area contributed by atoms with Crippen LogP contribution in [0.25, 0.3) is 0 Å². The molecule has 156 valence electrons. The van der Waals surface area contributed by atoms with Crippen molar-refractivity contribution in [3.63, 3.8) is 0 Å². The summed E-state index contributed by atoms with van der Waals surface area (Å²) in [5.74, 6) is 0.629. The molecule has 1 aliphatic heterocycles. The number of amides is 2. The molecule has 31 heavy (non-hydrogen) atoms. The smallest absolute Gasteiger partial charge is 0.283 e. The van der Waals surface area contributed by atoms with Crippen molar-refractivity contribution in [2.24, 2.45) is 0 Å². The van der Waals surface area contributed by atoms with Gasteiger partial charge < -0.3 is 14.8 Å². The molecule has 0 fully saturated rings. The summed E-state index contributed by atoms with van der Waals surface area (Å²) < 4.78 is 11.3. The zero-order chi connectivity index (χ0) is 21.8. The van der Waals surface area contributed by atoms with E-state index >= 15 is 0 Å². The van der Waals surface area contributed by atoms with Crippen LogP contribution in [0.1, 0.15) is 6.92 Å². The van der Waals surface area contributed by atoms with Gasteiger partial charge in [0.25, 0.3) is 11.8 Å². The fourth-order valence-corrected chi connectivity index (χ4v) is 3.34. The lowest BCUT2D eigenvalue weighted by atomic mass is 10.2. The molecule has 4 rings (SSSR count). The number of rotatable bonds is 7. The van der Waals surface area contributed by atoms with Crippen LogP contribution < -0.4 is 19.7 Å². The number of ether oxygens (including phenoxy) is 2. The van der Waals surface area contributed by atoms with Gasteiger partial charge in [-0.15, -0.1) is 0 Å². The van der Waals surface area contributed by atoms with E-state index in [4.69, 9.17) is 21.1 Å². The van der Waals surface area contributed by atoms with Crippen molar-refractivity contribution in [3.8, 4) is 17.2 Å². The minimum atomic E-state index is -0.606. The molecule has 6 nitrogen and oxygen atoms in total. The molecule has 0 atom stereocenters. The third-order valence-corrected chi connectivity index (χ3v) is 4.89. The Balaban J connectivity index is 1.53. The van der Waals surface area contributed by atoms with Gasteiger partial charge in [-0.3, -0.25) is 9.59 Å². The van der Waals surface area contributed by atoms with Gasteiger partial charge >= 0.3 is 0 Å². The first kappa shape index (κ1) is 20.5. The third-order valence-electron chi connectivity index (χ3n) is 4.54. The van der Waals surface area contributed by atoms with Crippen LogP contribution in [-0.4, -0.2) is 18.4 Å². The average molecular weight is 435 g/mol. The SMILES string of the molecule is CCOc1ccccc1N1C(=O)C(Cl)=C(Nc2ccc(Oc3ccccc3)cc2)C1=O. The van der Waals surface area contributed by atoms with Crippen molar-refractivity contribution in [1.29, 1.82) is 0 Å². The van der Waals surface area contributed by atoms with Crippen LogP contribution in [0.3, 0.4) is 0 Å². The predicted octanol–water partition coefficient (Wildman–Crippen LogP) is 5.31. The lowest BCUT2D eigenvalue weighted by Crippen LogP contribution is -2.32. The van der Waals surface area contributed by atoms with Crippen molar-refractivity contribution < 1.29 is 19.1 Å². The molecule has 0 aromatic heterocycles. The quantitative estimate of drug-likeness (QED) is 0.510. The largest absolute Gasteiger partial charge is 0.492 e. The Morgan fingerprint density at radius 1 is 0.839 bits per heavy atom. The van der Waals surface area contributed by atoms with Gasteiger partial charge in [-0.05, 0) is 55.5 Å². The molecule has 1 N–H and O–H groups in total. The molecule has 0 saturated heterocycles. The highest BCUT2D eigenvalue weighted by atomic mass is 35.5. The molecule has 0 radical (unpaired) electrons. The van der Waals surface area contributed by atoms with Crippen molar-refractivity contribution >= 4 is 34.8 Å². The van der Waals surface area contributed by atoms with E-state index < -0.39 is 11.8 Å². The van der Waals surface area contributed by atoms with Crippen LogP contribution in [0.2, 0.25) is 0 Å². The standard InChI is InChI=1S/C24H19ClN2O4/c1-2-30-20-11-7-6-10-19(20)27-23(28)21(25)22(24(27)29)26-16-12-14-18(15-13-16)31-17-8-4-3-5-9-17/h3-15,26H,2H2,1H3. The molecule has 0 aliphatic carbocycles. The first-order valence-corrected chi connectivity index (χ1v) is 10.1. The van der Waals surface area contributed by atoms with Gasteiger partial charge in [0, 0.05) is 5.69 Å². The number of imide groups is 1. The molecule has 2 amide bonds. The van der Waals surface area contributed by atoms with E-state index in [0.717, 1.165) is 4.90 Å². The lowest BCUT2D eigenvalue weighted by Gasteiger charge is -2.18. The van der Waals surface area contributed by atoms with Gasteiger partial charge in [0.2, 0.25) is 0 Å². The second kappa shape index (κ2) is 8.93. The van der Waals surface area contributed by atoms with Gasteiger partial charge in [0.1, 0.15) is 28.0 Å². The van der Waals surface area contributed by atoms with Crippen LogP contribution in [0, 0.1) is 0 Å². The summed E-state index contributed by atoms with van der Waals surface area (Å²) in [6.07, 6.45) is 0. The van der Waals surface area contributed by atoms with E-state index in [2.05, 4.69) is 5.32 Å². The molecule has 1 heterocycles. The Morgan fingerprint density at radius 2 is 1.48 bits per heavy atom. The second-order valence-electron chi connectivity index (χ2n) is 6.60. The Kier molecular flexibility index (Phi) is 5.91. The number of hydrogen-bond acceptors (Lipinski definition) is 5. The Hall–Kier alpha value is -3.77. The number of para-hydroxylation sites is 3. The Bertz CT molecular complexity index is 1140. The summed E-state index contributed by atoms with van der Waals surface area (Å²) in [5, 5.41) is 2.77. The van der Waals surface area contributed by atoms with Crippen LogP contribution in [0.15, 0.2) is 89.6 Å². The highest BCUT2D eigenvalue weighted by molar-refractivity contribution is 6.53. The van der Waals surface area contributed by atoms with Crippen LogP contribution >= 0.6 is 11.6 Å². The minimum absolute atomic E-state index is 0.00898. The van der Waals surface area contributed by atoms with E-state index in [1.807, 2.05) is 37.3 Å². The van der Waals surface area contributed by atoms with Gasteiger partial charge in [0.05, 0.1) is 12.3 Å². The summed E-state index contributed by atoms with van der Waals surface area (Å²) in [4.78, 5) is 26.8. The fourth-order valence-electron chi connectivity index (χ4n) is 3.12. The maximum absolute atomic E-state index is 13.0. The van der Waals surface area contributed by atoms with Crippen LogP contribution in [0.4, 0.5) is 11.4 Å². The summed E-state index contributed by atoms with van der Waals surface area (Å²) in [5.41, 5.74) is 0.949. The van der Waals surface area contributed by atoms with Gasteiger partial charge in [-0.1, -0.05) is 41.9 Å². The number of nitrogens with one attached hydrogen (secondary N) is 1. The maximum atomic E-state index is 13.0. The second-order valence-corrected chi connectivity index (χ2v) is 6.98. The summed E-state index contributed by atoms with van der Waals surface area (Å²) >= 11 is 6.23. The van der Waals surface area contributed by atoms with Gasteiger partial charge in [0.15, 0.2) is 0 Å². The van der Waals surface area contributed by atoms with E-state index in [-0.39, 0.29) is 10.7 Å². The fraction of sp³-hybridized carbons (Fsp3) is 0.0833. The van der Waals surface area contributed by atoms with E-state index in [0.29, 0.717) is 35.2 Å². The molecule has 0 saturated carbocycles. The molecular formula is C24H19ClN2O4. The number of benzene rings is 3. The van der Waals surface area contributed by atoms with E-state index in [1.165, 1.54) is 0 Å². The molecular weight excluding hydrogens is 416 g/mol. The van der Waals surface area contributed by atoms with Gasteiger partial charge in [-0.2, -0.15) is 0 Å². The van der Waals surface area contributed by atoms with Crippen molar-refractivity contribution in [2.75, 3.05) is 16.8 Å². The number of carbonyl (C=O) groups excluding carboxylic acids is 2. The number of halogens is 1. The van der Waals surface area contributed by atoms with Crippen LogP contribution in [-0.2, 0) is 9.59 Å². The molecule has 0 unspecified atom stereocenters. The minimum Gasteiger partial charge on any atom is -0.492 e. The van der Waals surface area contributed by atoms with Gasteiger partial charge in [-0.25, -0.2) is 4.90 Å². The predicted molar refractivity (Wildman–Crippen MR) is 120 cm³/mol. The molecule has 3 aromatic rings. The zero-order valence-electron chi connectivity index (χ0n) is 16.7. The highest BCUT2D eigenvalue weighted by Crippen LogP contribution is 2.35. The molecule has 0 spiro atoms. The van der Waals surface area contributed by atoms with E-state index in [9.17, 15) is 9.59 Å². The zero-order valence-corrected chi connectivity index (χ0v) is 17.4. The highest BCUT2D eigenvalue weighted by Gasteiger charge is 2.40. The van der Waals surface area contributed by atoms with Crippen molar-refractivity contribution in [1.82, 2.24) is 0 Å². The topological polar surface area (TPSA) is 67.9 Å². The lowest BCUT2D eigenvalue weighted by molar-refractivity contribution is -0.120. The first-order chi connectivity index (χ1) is 15.1. The van der Waals surface area contributed by atoms with Crippen LogP contribution in [0.5, 0.6) is 17.2 Å². The molecule has 7 heteroatoms. The Labute approximate surface area is 184 Å². The molecule has 3 aromatic carbocycles. The maximum Gasteiger partial charge on any atom is 0.283 e. The third kappa shape index (κ3) is 4.25. The van der Waals surface area contributed by atoms with Crippen molar-refractivity contribution in [3.05, 3.63) is 89.6 Å². The monoisotopic (exact) mass is 434 g/mol. The normalized spacial score (nSPS) is 13.5. The number of nitrogens with zero attached hydrogens (tertiary/aromatic N) is 1. The van der Waals surface area contributed by atoms with E-state index in [1.54, 1.807) is 48.5 Å². The summed E-state index contributed by atoms with van der Waals surface area (Å²) in [7, 11) is 0. The number of carbonyl (C=O) groups is 2. The molecule has 0 bridgehead atoms. The number of hydrogen-bond donors (Lipinski definition) is 1. The summed E-state index contributed by atoms with van der Waals surface area (Å²) in [6, 6.07) is 23.2. The van der Waals surface area contributed by atoms with Crippen molar-refractivity contribution in [2.45, 2.75) is 6.92 Å². The molecule has 1 aliphatic rings. The first-order valence-electron chi connectivity index (χ1n) is 9.69. The summed E-state index contributed by atoms with van der Waals surface area (Å²) in [6.45, 7) is 2.23. The number of anilines is 2.